The number of hydrogen-bond donors (Lipinski definition) is 1. The lowest BCUT2D eigenvalue weighted by Gasteiger charge is -2.31. The van der Waals surface area contributed by atoms with E-state index in [-0.39, 0.29) is 0 Å². The van der Waals surface area contributed by atoms with Crippen LogP contribution in [0.5, 0.6) is 0 Å². The fourth-order valence-corrected chi connectivity index (χ4v) is 3.21. The van der Waals surface area contributed by atoms with E-state index in [1.165, 1.54) is 25.7 Å². The summed E-state index contributed by atoms with van der Waals surface area (Å²) in [6, 6.07) is 8.31. The van der Waals surface area contributed by atoms with Crippen LogP contribution in [0.1, 0.15) is 51.5 Å². The van der Waals surface area contributed by atoms with Gasteiger partial charge in [-0.05, 0) is 36.8 Å². The van der Waals surface area contributed by atoms with Gasteiger partial charge in [-0.2, -0.15) is 0 Å². The standard InChI is InChI=1S/C18H28N2O/c1-14(2)13-20(16-8-4-5-9-16)18(21)12-11-15-7-3-6-10-17(15)19/h3,6-7,10,14,16H,4-5,8-9,11-13,19H2,1-2H3. The summed E-state index contributed by atoms with van der Waals surface area (Å²) in [4.78, 5) is 14.8. The van der Waals surface area contributed by atoms with Gasteiger partial charge in [-0.15, -0.1) is 0 Å². The Morgan fingerprint density at radius 3 is 2.57 bits per heavy atom. The number of aryl methyl sites for hydroxylation is 1. The summed E-state index contributed by atoms with van der Waals surface area (Å²) in [5.74, 6) is 0.815. The van der Waals surface area contributed by atoms with Crippen LogP contribution in [0.15, 0.2) is 24.3 Å². The molecule has 21 heavy (non-hydrogen) atoms. The molecule has 1 aromatic carbocycles. The van der Waals surface area contributed by atoms with Crippen molar-refractivity contribution in [2.75, 3.05) is 12.3 Å². The largest absolute Gasteiger partial charge is 0.399 e. The number of carbonyl (C=O) groups excluding carboxylic acids is 1. The number of hydrogen-bond acceptors (Lipinski definition) is 2. The minimum Gasteiger partial charge on any atom is -0.399 e. The van der Waals surface area contributed by atoms with Crippen molar-refractivity contribution in [1.82, 2.24) is 4.90 Å². The van der Waals surface area contributed by atoms with E-state index in [2.05, 4.69) is 18.7 Å². The highest BCUT2D eigenvalue weighted by atomic mass is 16.2. The molecule has 0 heterocycles. The molecule has 1 fully saturated rings. The number of rotatable bonds is 6. The van der Waals surface area contributed by atoms with Crippen LogP contribution in [0.2, 0.25) is 0 Å². The second-order valence-corrected chi connectivity index (χ2v) is 6.58. The zero-order valence-electron chi connectivity index (χ0n) is 13.3. The third-order valence-corrected chi connectivity index (χ3v) is 4.31. The third kappa shape index (κ3) is 4.48. The molecule has 116 valence electrons. The fourth-order valence-electron chi connectivity index (χ4n) is 3.21. The summed E-state index contributed by atoms with van der Waals surface area (Å²) in [6.45, 7) is 5.25. The first kappa shape index (κ1) is 15.9. The number of carbonyl (C=O) groups is 1. The van der Waals surface area contributed by atoms with Crippen LogP contribution in [0.25, 0.3) is 0 Å². The van der Waals surface area contributed by atoms with E-state index in [0.29, 0.717) is 24.3 Å². The summed E-state index contributed by atoms with van der Waals surface area (Å²) < 4.78 is 0. The first-order valence-corrected chi connectivity index (χ1v) is 8.20. The number of nitrogens with zero attached hydrogens (tertiary/aromatic N) is 1. The Kier molecular flexibility index (Phi) is 5.66. The quantitative estimate of drug-likeness (QED) is 0.813. The van der Waals surface area contributed by atoms with Crippen LogP contribution in [-0.2, 0) is 11.2 Å². The highest BCUT2D eigenvalue weighted by Gasteiger charge is 2.26. The minimum absolute atomic E-state index is 0.291. The number of amides is 1. The van der Waals surface area contributed by atoms with Gasteiger partial charge in [0.15, 0.2) is 0 Å². The van der Waals surface area contributed by atoms with E-state index in [4.69, 9.17) is 5.73 Å². The zero-order valence-corrected chi connectivity index (χ0v) is 13.3. The smallest absolute Gasteiger partial charge is 0.223 e. The minimum atomic E-state index is 0.291. The number of nitrogens with two attached hydrogens (primary N) is 1. The molecule has 1 amide bonds. The number of para-hydroxylation sites is 1. The maximum absolute atomic E-state index is 12.6. The average Bonchev–Trinajstić information content (AvgIpc) is 2.97. The maximum atomic E-state index is 12.6. The molecule has 3 nitrogen and oxygen atoms in total. The normalized spacial score (nSPS) is 15.6. The molecular formula is C18H28N2O. The van der Waals surface area contributed by atoms with Crippen molar-refractivity contribution in [3.63, 3.8) is 0 Å². The molecule has 2 rings (SSSR count). The van der Waals surface area contributed by atoms with Crippen molar-refractivity contribution in [3.8, 4) is 0 Å². The Balaban J connectivity index is 1.96. The molecule has 0 saturated heterocycles. The van der Waals surface area contributed by atoms with Gasteiger partial charge in [0.1, 0.15) is 0 Å². The second kappa shape index (κ2) is 7.48. The Hall–Kier alpha value is -1.51. The lowest BCUT2D eigenvalue weighted by Crippen LogP contribution is -2.41. The van der Waals surface area contributed by atoms with Crippen molar-refractivity contribution in [3.05, 3.63) is 29.8 Å². The summed E-state index contributed by atoms with van der Waals surface area (Å²) in [5.41, 5.74) is 7.84. The highest BCUT2D eigenvalue weighted by molar-refractivity contribution is 5.77. The number of benzene rings is 1. The van der Waals surface area contributed by atoms with Crippen LogP contribution in [0, 0.1) is 5.92 Å². The highest BCUT2D eigenvalue weighted by Crippen LogP contribution is 2.25. The van der Waals surface area contributed by atoms with Crippen molar-refractivity contribution >= 4 is 11.6 Å². The lowest BCUT2D eigenvalue weighted by atomic mass is 10.1. The Morgan fingerprint density at radius 2 is 1.95 bits per heavy atom. The second-order valence-electron chi connectivity index (χ2n) is 6.58. The van der Waals surface area contributed by atoms with Crippen LogP contribution in [-0.4, -0.2) is 23.4 Å². The van der Waals surface area contributed by atoms with Crippen molar-refractivity contribution < 1.29 is 4.79 Å². The van der Waals surface area contributed by atoms with Gasteiger partial charge in [0, 0.05) is 24.7 Å². The molecular weight excluding hydrogens is 260 g/mol. The molecule has 0 bridgehead atoms. The Bertz CT molecular complexity index is 464. The molecule has 0 aromatic heterocycles. The Morgan fingerprint density at radius 1 is 1.29 bits per heavy atom. The first-order valence-electron chi connectivity index (χ1n) is 8.20. The van der Waals surface area contributed by atoms with E-state index in [0.717, 1.165) is 24.2 Å². The monoisotopic (exact) mass is 288 g/mol. The predicted molar refractivity (Wildman–Crippen MR) is 88.0 cm³/mol. The van der Waals surface area contributed by atoms with E-state index >= 15 is 0 Å². The van der Waals surface area contributed by atoms with E-state index < -0.39 is 0 Å². The zero-order chi connectivity index (χ0) is 15.2. The van der Waals surface area contributed by atoms with E-state index in [9.17, 15) is 4.79 Å². The molecule has 3 heteroatoms. The van der Waals surface area contributed by atoms with Gasteiger partial charge in [0.25, 0.3) is 0 Å². The number of anilines is 1. The first-order chi connectivity index (χ1) is 10.1. The molecule has 1 aliphatic rings. The van der Waals surface area contributed by atoms with Crippen molar-refractivity contribution in [2.24, 2.45) is 5.92 Å². The van der Waals surface area contributed by atoms with Crippen molar-refractivity contribution in [2.45, 2.75) is 58.4 Å². The predicted octanol–water partition coefficient (Wildman–Crippen LogP) is 3.63. The van der Waals surface area contributed by atoms with Crippen LogP contribution in [0.4, 0.5) is 5.69 Å². The molecule has 1 aromatic rings. The summed E-state index contributed by atoms with van der Waals surface area (Å²) in [7, 11) is 0. The topological polar surface area (TPSA) is 46.3 Å². The van der Waals surface area contributed by atoms with E-state index in [1.54, 1.807) is 0 Å². The summed E-state index contributed by atoms with van der Waals surface area (Å²) in [5, 5.41) is 0. The molecule has 0 atom stereocenters. The summed E-state index contributed by atoms with van der Waals surface area (Å²) in [6.07, 6.45) is 6.18. The van der Waals surface area contributed by atoms with Crippen LogP contribution in [0.3, 0.4) is 0 Å². The SMILES string of the molecule is CC(C)CN(C(=O)CCc1ccccc1N)C1CCCC1. The van der Waals surface area contributed by atoms with Crippen LogP contribution >= 0.6 is 0 Å². The van der Waals surface area contributed by atoms with Gasteiger partial charge >= 0.3 is 0 Å². The van der Waals surface area contributed by atoms with Gasteiger partial charge in [0.2, 0.25) is 5.91 Å². The molecule has 2 N–H and O–H groups in total. The van der Waals surface area contributed by atoms with Gasteiger partial charge in [0.05, 0.1) is 0 Å². The third-order valence-electron chi connectivity index (χ3n) is 4.31. The van der Waals surface area contributed by atoms with Crippen molar-refractivity contribution in [1.29, 1.82) is 0 Å². The maximum Gasteiger partial charge on any atom is 0.223 e. The average molecular weight is 288 g/mol. The van der Waals surface area contributed by atoms with Gasteiger partial charge in [-0.3, -0.25) is 4.79 Å². The molecule has 0 aliphatic heterocycles. The Labute approximate surface area is 128 Å². The van der Waals surface area contributed by atoms with Crippen LogP contribution < -0.4 is 5.73 Å². The number of nitrogen functional groups attached to an aromatic ring is 1. The molecule has 1 saturated carbocycles. The lowest BCUT2D eigenvalue weighted by molar-refractivity contribution is -0.134. The van der Waals surface area contributed by atoms with Gasteiger partial charge in [-0.25, -0.2) is 0 Å². The fraction of sp³-hybridized carbons (Fsp3) is 0.611. The molecule has 1 aliphatic carbocycles. The molecule has 0 spiro atoms. The molecule has 0 radical (unpaired) electrons. The van der Waals surface area contributed by atoms with E-state index in [1.807, 2.05) is 24.3 Å². The molecule has 0 unspecified atom stereocenters. The van der Waals surface area contributed by atoms with Gasteiger partial charge in [-0.1, -0.05) is 44.9 Å². The van der Waals surface area contributed by atoms with Gasteiger partial charge < -0.3 is 10.6 Å². The summed E-state index contributed by atoms with van der Waals surface area (Å²) >= 11 is 0.